The molecular weight excluding hydrogens is 490 g/mol. The van der Waals surface area contributed by atoms with Crippen molar-refractivity contribution in [3.63, 3.8) is 0 Å². The number of piperidine rings is 2. The van der Waals surface area contributed by atoms with Crippen molar-refractivity contribution >= 4 is 23.9 Å². The van der Waals surface area contributed by atoms with Crippen LogP contribution in [0.1, 0.15) is 80.6 Å². The highest BCUT2D eigenvalue weighted by Crippen LogP contribution is 2.29. The van der Waals surface area contributed by atoms with E-state index in [9.17, 15) is 19.2 Å². The Morgan fingerprint density at radius 2 is 1.39 bits per heavy atom. The predicted molar refractivity (Wildman–Crippen MR) is 142 cm³/mol. The lowest BCUT2D eigenvalue weighted by atomic mass is 9.88. The summed E-state index contributed by atoms with van der Waals surface area (Å²) >= 11 is 0. The van der Waals surface area contributed by atoms with Gasteiger partial charge in [-0.05, 0) is 91.4 Å². The summed E-state index contributed by atoms with van der Waals surface area (Å²) in [5, 5.41) is 1.29. The molecule has 214 valence electrons. The standard InChI is InChI=1S/C28H45N3O7/c1-10-23(32)21-14-12-20(18-30(21)26(35)38-28(6,7)8)15-16-31(36-9)24(33)22-13-11-19(2)17-29(22)25(34)37-27(3,4)5/h1,19-22H,11-18H2,2-9H3/t19-,20+,21+,22+/m0/s1. The molecule has 0 bridgehead atoms. The summed E-state index contributed by atoms with van der Waals surface area (Å²) in [5.74, 6) is 1.64. The molecule has 38 heavy (non-hydrogen) atoms. The molecule has 0 radical (unpaired) electrons. The van der Waals surface area contributed by atoms with Gasteiger partial charge in [0.05, 0.1) is 7.11 Å². The monoisotopic (exact) mass is 535 g/mol. The second-order valence-electron chi connectivity index (χ2n) is 12.3. The Balaban J connectivity index is 2.09. The second kappa shape index (κ2) is 12.8. The van der Waals surface area contributed by atoms with Crippen LogP contribution >= 0.6 is 0 Å². The van der Waals surface area contributed by atoms with Crippen LogP contribution in [0, 0.1) is 24.2 Å². The highest BCUT2D eigenvalue weighted by molar-refractivity contribution is 6.00. The minimum Gasteiger partial charge on any atom is -0.444 e. The van der Waals surface area contributed by atoms with E-state index in [0.29, 0.717) is 32.2 Å². The average Bonchev–Trinajstić information content (AvgIpc) is 2.81. The van der Waals surface area contributed by atoms with Gasteiger partial charge in [-0.1, -0.05) is 6.92 Å². The van der Waals surface area contributed by atoms with E-state index in [0.717, 1.165) is 6.42 Å². The topological polar surface area (TPSA) is 106 Å². The molecule has 2 rings (SSSR count). The first-order chi connectivity index (χ1) is 17.6. The number of carbonyl (C=O) groups is 4. The molecule has 0 unspecified atom stereocenters. The molecule has 3 amide bonds. The van der Waals surface area contributed by atoms with Crippen molar-refractivity contribution in [3.8, 4) is 12.3 Å². The fourth-order valence-corrected chi connectivity index (χ4v) is 4.86. The SMILES string of the molecule is C#CC(=O)[C@H]1CC[C@H](CCN(OC)C(=O)[C@H]2CC[C@H](C)CN2C(=O)OC(C)(C)C)CN1C(=O)OC(C)(C)C. The van der Waals surface area contributed by atoms with Crippen molar-refractivity contribution in [1.82, 2.24) is 14.9 Å². The van der Waals surface area contributed by atoms with Gasteiger partial charge in [0, 0.05) is 19.6 Å². The summed E-state index contributed by atoms with van der Waals surface area (Å²) in [4.78, 5) is 60.0. The van der Waals surface area contributed by atoms with Crippen LogP contribution in [0.4, 0.5) is 9.59 Å². The van der Waals surface area contributed by atoms with Crippen molar-refractivity contribution in [2.24, 2.45) is 11.8 Å². The van der Waals surface area contributed by atoms with E-state index < -0.39 is 41.3 Å². The molecule has 0 aromatic carbocycles. The number of hydrogen-bond acceptors (Lipinski definition) is 7. The van der Waals surface area contributed by atoms with Gasteiger partial charge in [-0.3, -0.25) is 24.2 Å². The van der Waals surface area contributed by atoms with Crippen LogP contribution in [0.15, 0.2) is 0 Å². The molecule has 0 saturated carbocycles. The summed E-state index contributed by atoms with van der Waals surface area (Å²) in [6.45, 7) is 13.7. The third-order valence-electron chi connectivity index (χ3n) is 6.69. The average molecular weight is 536 g/mol. The van der Waals surface area contributed by atoms with Gasteiger partial charge >= 0.3 is 12.2 Å². The van der Waals surface area contributed by atoms with Gasteiger partial charge in [0.2, 0.25) is 5.78 Å². The number of nitrogens with zero attached hydrogens (tertiary/aromatic N) is 3. The van der Waals surface area contributed by atoms with Crippen LogP contribution in [-0.4, -0.2) is 88.8 Å². The summed E-state index contributed by atoms with van der Waals surface area (Å²) in [5.41, 5.74) is -1.39. The molecular formula is C28H45N3O7. The van der Waals surface area contributed by atoms with E-state index in [-0.39, 0.29) is 30.8 Å². The van der Waals surface area contributed by atoms with Crippen molar-refractivity contribution in [1.29, 1.82) is 0 Å². The summed E-state index contributed by atoms with van der Waals surface area (Å²) in [6, 6.07) is -1.40. The third-order valence-corrected chi connectivity index (χ3v) is 6.69. The Hall–Kier alpha value is -2.80. The van der Waals surface area contributed by atoms with Crippen LogP contribution in [0.25, 0.3) is 0 Å². The number of hydrogen-bond donors (Lipinski definition) is 0. The van der Waals surface area contributed by atoms with Gasteiger partial charge < -0.3 is 9.47 Å². The van der Waals surface area contributed by atoms with Crippen molar-refractivity contribution in [3.05, 3.63) is 0 Å². The molecule has 2 aliphatic rings. The molecule has 10 nitrogen and oxygen atoms in total. The van der Waals surface area contributed by atoms with Crippen molar-refractivity contribution < 1.29 is 33.5 Å². The Kier molecular flexibility index (Phi) is 10.6. The number of ether oxygens (including phenoxy) is 2. The Morgan fingerprint density at radius 1 is 0.868 bits per heavy atom. The van der Waals surface area contributed by atoms with Gasteiger partial charge in [-0.2, -0.15) is 0 Å². The first-order valence-electron chi connectivity index (χ1n) is 13.4. The third kappa shape index (κ3) is 8.90. The molecule has 2 fully saturated rings. The molecule has 4 atom stereocenters. The molecule has 2 heterocycles. The van der Waals surface area contributed by atoms with Gasteiger partial charge in [0.25, 0.3) is 5.91 Å². The number of carbonyl (C=O) groups excluding carboxylic acids is 4. The zero-order chi connectivity index (χ0) is 28.8. The zero-order valence-corrected chi connectivity index (χ0v) is 24.2. The number of terminal acetylenes is 1. The molecule has 0 aromatic rings. The van der Waals surface area contributed by atoms with E-state index in [1.807, 2.05) is 6.92 Å². The predicted octanol–water partition coefficient (Wildman–Crippen LogP) is 4.02. The minimum atomic E-state index is -0.724. The Morgan fingerprint density at radius 3 is 1.89 bits per heavy atom. The lowest BCUT2D eigenvalue weighted by molar-refractivity contribution is -0.184. The highest BCUT2D eigenvalue weighted by Gasteiger charge is 2.41. The number of likely N-dealkylation sites (tertiary alicyclic amines) is 2. The number of hydroxylamine groups is 2. The van der Waals surface area contributed by atoms with Crippen LogP contribution in [-0.2, 0) is 23.9 Å². The van der Waals surface area contributed by atoms with E-state index >= 15 is 0 Å². The molecule has 2 aliphatic heterocycles. The maximum Gasteiger partial charge on any atom is 0.410 e. The number of amides is 3. The van der Waals surface area contributed by atoms with Gasteiger partial charge in [0.1, 0.15) is 23.3 Å². The van der Waals surface area contributed by atoms with E-state index in [1.165, 1.54) is 22.0 Å². The summed E-state index contributed by atoms with van der Waals surface area (Å²) < 4.78 is 11.1. The molecule has 10 heteroatoms. The molecule has 2 saturated heterocycles. The summed E-state index contributed by atoms with van der Waals surface area (Å²) in [7, 11) is 1.43. The fraction of sp³-hybridized carbons (Fsp3) is 0.786. The second-order valence-corrected chi connectivity index (χ2v) is 12.3. The van der Waals surface area contributed by atoms with Crippen LogP contribution < -0.4 is 0 Å². The fourth-order valence-electron chi connectivity index (χ4n) is 4.86. The maximum atomic E-state index is 13.5. The lowest BCUT2D eigenvalue weighted by Crippen LogP contribution is -2.55. The normalized spacial score (nSPS) is 24.3. The number of ketones is 1. The summed E-state index contributed by atoms with van der Waals surface area (Å²) in [6.07, 6.45) is 7.19. The van der Waals surface area contributed by atoms with Gasteiger partial charge in [0.15, 0.2) is 0 Å². The van der Waals surface area contributed by atoms with Crippen molar-refractivity contribution in [2.45, 2.75) is 104 Å². The van der Waals surface area contributed by atoms with E-state index in [4.69, 9.17) is 20.7 Å². The smallest absolute Gasteiger partial charge is 0.410 e. The van der Waals surface area contributed by atoms with E-state index in [1.54, 1.807) is 41.5 Å². The largest absolute Gasteiger partial charge is 0.444 e. The molecule has 0 N–H and O–H groups in total. The zero-order valence-electron chi connectivity index (χ0n) is 24.2. The van der Waals surface area contributed by atoms with Gasteiger partial charge in [-0.15, -0.1) is 6.42 Å². The molecule has 0 aliphatic carbocycles. The Labute approximate surface area is 227 Å². The quantitative estimate of drug-likeness (QED) is 0.287. The number of rotatable bonds is 6. The first-order valence-corrected chi connectivity index (χ1v) is 13.4. The molecule has 0 aromatic heterocycles. The lowest BCUT2D eigenvalue weighted by Gasteiger charge is -2.40. The highest BCUT2D eigenvalue weighted by atomic mass is 16.7. The molecule has 0 spiro atoms. The van der Waals surface area contributed by atoms with Crippen molar-refractivity contribution in [2.75, 3.05) is 26.7 Å². The van der Waals surface area contributed by atoms with Crippen LogP contribution in [0.2, 0.25) is 0 Å². The Bertz CT molecular complexity index is 915. The minimum absolute atomic E-state index is 0.00290. The van der Waals surface area contributed by atoms with Gasteiger partial charge in [-0.25, -0.2) is 14.7 Å². The maximum absolute atomic E-state index is 13.5. The van der Waals surface area contributed by atoms with Crippen LogP contribution in [0.3, 0.4) is 0 Å². The van der Waals surface area contributed by atoms with E-state index in [2.05, 4.69) is 5.92 Å². The first kappa shape index (κ1) is 31.4. The van der Waals surface area contributed by atoms with Crippen LogP contribution in [0.5, 0.6) is 0 Å². The number of Topliss-reactive ketones (excluding diaryl/α,β-unsaturated/α-hetero) is 1.